The summed E-state index contributed by atoms with van der Waals surface area (Å²) < 4.78 is 13.1. The molecule has 1 aromatic carbocycles. The third kappa shape index (κ3) is 2.86. The Labute approximate surface area is 103 Å². The summed E-state index contributed by atoms with van der Waals surface area (Å²) in [6.45, 7) is 1.88. The molecule has 0 aliphatic heterocycles. The van der Waals surface area contributed by atoms with Gasteiger partial charge >= 0.3 is 0 Å². The molecular formula is C15H21FO. The van der Waals surface area contributed by atoms with Crippen LogP contribution in [0.2, 0.25) is 0 Å². The average molecular weight is 236 g/mol. The predicted octanol–water partition coefficient (Wildman–Crippen LogP) is 4.07. The van der Waals surface area contributed by atoms with Crippen molar-refractivity contribution in [2.75, 3.05) is 0 Å². The summed E-state index contributed by atoms with van der Waals surface area (Å²) in [5.74, 6) is -0.222. The Morgan fingerprint density at radius 3 is 2.24 bits per heavy atom. The highest BCUT2D eigenvalue weighted by molar-refractivity contribution is 5.32. The van der Waals surface area contributed by atoms with E-state index in [9.17, 15) is 9.50 Å². The molecule has 0 bridgehead atoms. The lowest BCUT2D eigenvalue weighted by atomic mass is 9.80. The average Bonchev–Trinajstić information content (AvgIpc) is 2.24. The number of hydrogen-bond donors (Lipinski definition) is 1. The van der Waals surface area contributed by atoms with Crippen LogP contribution in [-0.4, -0.2) is 5.11 Å². The van der Waals surface area contributed by atoms with Crippen LogP contribution in [0.1, 0.15) is 56.1 Å². The maximum atomic E-state index is 13.1. The lowest BCUT2D eigenvalue weighted by molar-refractivity contribution is 0.00899. The van der Waals surface area contributed by atoms with Crippen molar-refractivity contribution in [3.05, 3.63) is 35.1 Å². The lowest BCUT2D eigenvalue weighted by Crippen LogP contribution is -2.27. The summed E-state index contributed by atoms with van der Waals surface area (Å²) in [5, 5.41) is 10.8. The van der Waals surface area contributed by atoms with Crippen LogP contribution in [0.3, 0.4) is 0 Å². The normalized spacial score (nSPS) is 20.6. The van der Waals surface area contributed by atoms with Crippen molar-refractivity contribution in [3.8, 4) is 0 Å². The van der Waals surface area contributed by atoms with Crippen molar-refractivity contribution in [1.82, 2.24) is 0 Å². The molecule has 0 radical (unpaired) electrons. The van der Waals surface area contributed by atoms with E-state index in [0.717, 1.165) is 36.8 Å². The number of rotatable bonds is 1. The molecule has 17 heavy (non-hydrogen) atoms. The molecule has 1 aromatic rings. The Hall–Kier alpha value is -0.890. The molecule has 0 amide bonds. The lowest BCUT2D eigenvalue weighted by Gasteiger charge is -2.32. The monoisotopic (exact) mass is 236 g/mol. The van der Waals surface area contributed by atoms with Crippen LogP contribution in [-0.2, 0) is 5.60 Å². The molecule has 1 fully saturated rings. The summed E-state index contributed by atoms with van der Waals surface area (Å²) in [4.78, 5) is 0. The molecule has 94 valence electrons. The van der Waals surface area contributed by atoms with Gasteiger partial charge in [-0.2, -0.15) is 0 Å². The first-order valence-corrected chi connectivity index (χ1v) is 6.61. The second-order valence-electron chi connectivity index (χ2n) is 5.26. The highest BCUT2D eigenvalue weighted by Crippen LogP contribution is 2.36. The van der Waals surface area contributed by atoms with E-state index in [2.05, 4.69) is 0 Å². The largest absolute Gasteiger partial charge is 0.385 e. The summed E-state index contributed by atoms with van der Waals surface area (Å²) in [5.41, 5.74) is 1.05. The first-order valence-electron chi connectivity index (χ1n) is 6.61. The van der Waals surface area contributed by atoms with Gasteiger partial charge in [0.2, 0.25) is 0 Å². The van der Waals surface area contributed by atoms with Gasteiger partial charge in [-0.15, -0.1) is 0 Å². The van der Waals surface area contributed by atoms with Gasteiger partial charge in [0.1, 0.15) is 5.82 Å². The molecule has 0 atom stereocenters. The Bertz CT molecular complexity index is 379. The van der Waals surface area contributed by atoms with E-state index in [1.165, 1.54) is 31.4 Å². The van der Waals surface area contributed by atoms with E-state index in [1.54, 1.807) is 6.07 Å². The molecule has 1 N–H and O–H groups in total. The molecule has 0 heterocycles. The Kier molecular flexibility index (Phi) is 3.82. The van der Waals surface area contributed by atoms with Crippen molar-refractivity contribution in [3.63, 3.8) is 0 Å². The molecule has 1 nitrogen and oxygen atoms in total. The van der Waals surface area contributed by atoms with Crippen molar-refractivity contribution in [2.45, 2.75) is 57.5 Å². The maximum absolute atomic E-state index is 13.1. The molecule has 2 rings (SSSR count). The minimum Gasteiger partial charge on any atom is -0.385 e. The SMILES string of the molecule is Cc1cc(F)ccc1C1(O)CCCCCCC1. The van der Waals surface area contributed by atoms with Crippen LogP contribution in [0.15, 0.2) is 18.2 Å². The summed E-state index contributed by atoms with van der Waals surface area (Å²) in [6, 6.07) is 4.73. The Morgan fingerprint density at radius 1 is 1.06 bits per heavy atom. The van der Waals surface area contributed by atoms with Gasteiger partial charge in [0, 0.05) is 0 Å². The van der Waals surface area contributed by atoms with Gasteiger partial charge in [-0.1, -0.05) is 38.2 Å². The van der Waals surface area contributed by atoms with Crippen LogP contribution < -0.4 is 0 Å². The van der Waals surface area contributed by atoms with Gasteiger partial charge < -0.3 is 5.11 Å². The van der Waals surface area contributed by atoms with Gasteiger partial charge in [0.15, 0.2) is 0 Å². The van der Waals surface area contributed by atoms with E-state index in [-0.39, 0.29) is 5.82 Å². The summed E-state index contributed by atoms with van der Waals surface area (Å²) in [7, 11) is 0. The standard InChI is InChI=1S/C15H21FO/c1-12-11-13(16)7-8-14(12)15(17)9-5-3-2-4-6-10-15/h7-8,11,17H,2-6,9-10H2,1H3. The first-order chi connectivity index (χ1) is 8.12. The third-order valence-corrected chi connectivity index (χ3v) is 3.87. The van der Waals surface area contributed by atoms with Crippen LogP contribution in [0, 0.1) is 12.7 Å². The zero-order valence-electron chi connectivity index (χ0n) is 10.5. The van der Waals surface area contributed by atoms with Crippen molar-refractivity contribution < 1.29 is 9.50 Å². The maximum Gasteiger partial charge on any atom is 0.123 e. The zero-order chi connectivity index (χ0) is 12.3. The van der Waals surface area contributed by atoms with E-state index in [4.69, 9.17) is 0 Å². The summed E-state index contributed by atoms with van der Waals surface area (Å²) in [6.07, 6.45) is 7.41. The van der Waals surface area contributed by atoms with Gasteiger partial charge in [-0.25, -0.2) is 4.39 Å². The fourth-order valence-corrected chi connectivity index (χ4v) is 2.91. The van der Waals surface area contributed by atoms with Gasteiger partial charge in [-0.05, 0) is 43.0 Å². The van der Waals surface area contributed by atoms with E-state index < -0.39 is 5.60 Å². The number of benzene rings is 1. The second-order valence-corrected chi connectivity index (χ2v) is 5.26. The van der Waals surface area contributed by atoms with Crippen LogP contribution in [0.25, 0.3) is 0 Å². The van der Waals surface area contributed by atoms with Crippen LogP contribution >= 0.6 is 0 Å². The Morgan fingerprint density at radius 2 is 1.65 bits per heavy atom. The molecule has 2 heteroatoms. The predicted molar refractivity (Wildman–Crippen MR) is 67.4 cm³/mol. The van der Waals surface area contributed by atoms with Crippen molar-refractivity contribution >= 4 is 0 Å². The molecule has 0 aromatic heterocycles. The molecular weight excluding hydrogens is 215 g/mol. The van der Waals surface area contributed by atoms with Crippen LogP contribution in [0.5, 0.6) is 0 Å². The highest BCUT2D eigenvalue weighted by Gasteiger charge is 2.30. The quantitative estimate of drug-likeness (QED) is 0.779. The summed E-state index contributed by atoms with van der Waals surface area (Å²) >= 11 is 0. The fraction of sp³-hybridized carbons (Fsp3) is 0.600. The van der Waals surface area contributed by atoms with Gasteiger partial charge in [0.05, 0.1) is 5.60 Å². The van der Waals surface area contributed by atoms with Gasteiger partial charge in [0.25, 0.3) is 0 Å². The molecule has 1 saturated carbocycles. The number of halogens is 1. The molecule has 0 spiro atoms. The van der Waals surface area contributed by atoms with Crippen molar-refractivity contribution in [1.29, 1.82) is 0 Å². The molecule has 0 unspecified atom stereocenters. The number of hydrogen-bond acceptors (Lipinski definition) is 1. The minimum absolute atomic E-state index is 0.222. The van der Waals surface area contributed by atoms with Gasteiger partial charge in [-0.3, -0.25) is 0 Å². The van der Waals surface area contributed by atoms with E-state index in [0.29, 0.717) is 0 Å². The molecule has 0 saturated heterocycles. The van der Waals surface area contributed by atoms with Crippen LogP contribution in [0.4, 0.5) is 4.39 Å². The fourth-order valence-electron chi connectivity index (χ4n) is 2.91. The number of aliphatic hydroxyl groups is 1. The Balaban J connectivity index is 2.27. The smallest absolute Gasteiger partial charge is 0.123 e. The number of aryl methyl sites for hydroxylation is 1. The molecule has 1 aliphatic rings. The highest BCUT2D eigenvalue weighted by atomic mass is 19.1. The minimum atomic E-state index is -0.738. The zero-order valence-corrected chi connectivity index (χ0v) is 10.5. The third-order valence-electron chi connectivity index (χ3n) is 3.87. The molecule has 1 aliphatic carbocycles. The van der Waals surface area contributed by atoms with E-state index >= 15 is 0 Å². The van der Waals surface area contributed by atoms with Crippen molar-refractivity contribution in [2.24, 2.45) is 0 Å². The first kappa shape index (κ1) is 12.6. The second kappa shape index (κ2) is 5.18. The topological polar surface area (TPSA) is 20.2 Å². The van der Waals surface area contributed by atoms with E-state index in [1.807, 2.05) is 6.92 Å².